The van der Waals surface area contributed by atoms with Gasteiger partial charge in [-0.05, 0) is 24.3 Å². The van der Waals surface area contributed by atoms with E-state index in [9.17, 15) is 0 Å². The van der Waals surface area contributed by atoms with Gasteiger partial charge < -0.3 is 5.11 Å². The first-order valence-electron chi connectivity index (χ1n) is 12.9. The van der Waals surface area contributed by atoms with Gasteiger partial charge in [0, 0.05) is 6.92 Å². The largest absolute Gasteiger partial charge is 0.481 e. The normalized spacial score (nSPS) is 10.6. The highest BCUT2D eigenvalue weighted by molar-refractivity contribution is 7.99. The van der Waals surface area contributed by atoms with E-state index in [0.29, 0.717) is 0 Å². The molecule has 0 aliphatic rings. The Morgan fingerprint density at radius 2 is 0.724 bits per heavy atom. The van der Waals surface area contributed by atoms with Gasteiger partial charge >= 0.3 is 0 Å². The highest BCUT2D eigenvalue weighted by atomic mass is 32.2. The van der Waals surface area contributed by atoms with E-state index in [2.05, 4.69) is 25.6 Å². The monoisotopic (exact) mass is 430 g/mol. The molecule has 3 heteroatoms. The Bertz CT molecular complexity index is 268. The van der Waals surface area contributed by atoms with Crippen LogP contribution in [-0.4, -0.2) is 22.6 Å². The lowest BCUT2D eigenvalue weighted by molar-refractivity contribution is -0.134. The van der Waals surface area contributed by atoms with E-state index in [1.54, 1.807) is 0 Å². The van der Waals surface area contributed by atoms with Crippen LogP contribution in [0.3, 0.4) is 0 Å². The van der Waals surface area contributed by atoms with Crippen molar-refractivity contribution >= 4 is 17.7 Å². The van der Waals surface area contributed by atoms with Crippen molar-refractivity contribution in [2.75, 3.05) is 11.5 Å². The third-order valence-electron chi connectivity index (χ3n) is 5.28. The van der Waals surface area contributed by atoms with E-state index in [1.165, 1.54) is 140 Å². The average molecular weight is 431 g/mol. The molecule has 0 amide bonds. The number of carboxylic acids is 1. The molecule has 0 atom stereocenters. The van der Waals surface area contributed by atoms with Gasteiger partial charge in [0.1, 0.15) is 0 Å². The maximum Gasteiger partial charge on any atom is 0.300 e. The van der Waals surface area contributed by atoms with E-state index in [1.807, 2.05) is 0 Å². The second-order valence-electron chi connectivity index (χ2n) is 8.50. The number of rotatable bonds is 22. The van der Waals surface area contributed by atoms with Crippen molar-refractivity contribution in [3.8, 4) is 0 Å². The standard InChI is InChI=1S/C24H50S.C2H4O2/c1-3-5-7-9-11-13-15-17-19-21-23-25-24-22-20-18-16-14-12-10-8-6-4-2;1-2(3)4/h3-24H2,1-2H3;1H3,(H,3,4). The Morgan fingerprint density at radius 1 is 0.517 bits per heavy atom. The van der Waals surface area contributed by atoms with E-state index < -0.39 is 5.97 Å². The lowest BCUT2D eigenvalue weighted by Gasteiger charge is -2.04. The second kappa shape index (κ2) is 30.0. The minimum atomic E-state index is -0.833. The summed E-state index contributed by atoms with van der Waals surface area (Å²) >= 11 is 2.21. The Hall–Kier alpha value is -0.180. The van der Waals surface area contributed by atoms with Gasteiger partial charge in [-0.2, -0.15) is 11.8 Å². The summed E-state index contributed by atoms with van der Waals surface area (Å²) in [6, 6.07) is 0. The van der Waals surface area contributed by atoms with Crippen molar-refractivity contribution < 1.29 is 9.90 Å². The molecule has 0 aliphatic carbocycles. The number of thioether (sulfide) groups is 1. The van der Waals surface area contributed by atoms with Gasteiger partial charge in [-0.25, -0.2) is 0 Å². The van der Waals surface area contributed by atoms with Crippen LogP contribution in [0, 0.1) is 0 Å². The van der Waals surface area contributed by atoms with Gasteiger partial charge in [-0.3, -0.25) is 4.79 Å². The van der Waals surface area contributed by atoms with Crippen LogP contribution in [-0.2, 0) is 4.79 Å². The summed E-state index contributed by atoms with van der Waals surface area (Å²) in [5.41, 5.74) is 0. The summed E-state index contributed by atoms with van der Waals surface area (Å²) in [6.45, 7) is 5.68. The topological polar surface area (TPSA) is 37.3 Å². The van der Waals surface area contributed by atoms with Crippen LogP contribution in [0.4, 0.5) is 0 Å². The minimum absolute atomic E-state index is 0.833. The summed E-state index contributed by atoms with van der Waals surface area (Å²) < 4.78 is 0. The molecule has 0 bridgehead atoms. The zero-order valence-electron chi connectivity index (χ0n) is 20.3. The molecule has 0 heterocycles. The number of hydrogen-bond acceptors (Lipinski definition) is 2. The molecule has 2 nitrogen and oxygen atoms in total. The van der Waals surface area contributed by atoms with Crippen molar-refractivity contribution in [3.05, 3.63) is 0 Å². The Balaban J connectivity index is 0. The molecule has 0 saturated carbocycles. The summed E-state index contributed by atoms with van der Waals surface area (Å²) in [5, 5.41) is 7.42. The molecular weight excluding hydrogens is 376 g/mol. The van der Waals surface area contributed by atoms with Crippen LogP contribution in [0.1, 0.15) is 149 Å². The van der Waals surface area contributed by atoms with Crippen molar-refractivity contribution in [1.29, 1.82) is 0 Å². The maximum absolute atomic E-state index is 9.00. The van der Waals surface area contributed by atoms with Crippen LogP contribution < -0.4 is 0 Å². The molecule has 0 aliphatic heterocycles. The molecule has 0 radical (unpaired) electrons. The van der Waals surface area contributed by atoms with Gasteiger partial charge in [0.15, 0.2) is 0 Å². The maximum atomic E-state index is 9.00. The van der Waals surface area contributed by atoms with Crippen molar-refractivity contribution in [2.45, 2.75) is 149 Å². The Morgan fingerprint density at radius 3 is 0.966 bits per heavy atom. The van der Waals surface area contributed by atoms with Gasteiger partial charge in [0.25, 0.3) is 5.97 Å². The fraction of sp³-hybridized carbons (Fsp3) is 0.962. The van der Waals surface area contributed by atoms with E-state index in [-0.39, 0.29) is 0 Å². The molecule has 0 fully saturated rings. The van der Waals surface area contributed by atoms with Gasteiger partial charge in [0.2, 0.25) is 0 Å². The quantitative estimate of drug-likeness (QED) is 0.174. The first-order chi connectivity index (χ1) is 14.1. The zero-order valence-corrected chi connectivity index (χ0v) is 21.1. The third-order valence-corrected chi connectivity index (χ3v) is 6.44. The summed E-state index contributed by atoms with van der Waals surface area (Å²) in [4.78, 5) is 9.00. The van der Waals surface area contributed by atoms with Crippen LogP contribution >= 0.6 is 11.8 Å². The smallest absolute Gasteiger partial charge is 0.300 e. The highest BCUT2D eigenvalue weighted by Crippen LogP contribution is 2.15. The highest BCUT2D eigenvalue weighted by Gasteiger charge is 1.95. The number of carbonyl (C=O) groups is 1. The van der Waals surface area contributed by atoms with Crippen LogP contribution in [0.2, 0.25) is 0 Å². The first-order valence-corrected chi connectivity index (χ1v) is 14.1. The molecule has 29 heavy (non-hydrogen) atoms. The van der Waals surface area contributed by atoms with Crippen molar-refractivity contribution in [2.24, 2.45) is 0 Å². The molecule has 0 rings (SSSR count). The second-order valence-corrected chi connectivity index (χ2v) is 9.72. The van der Waals surface area contributed by atoms with Gasteiger partial charge in [-0.1, -0.05) is 129 Å². The van der Waals surface area contributed by atoms with Crippen molar-refractivity contribution in [3.63, 3.8) is 0 Å². The van der Waals surface area contributed by atoms with Gasteiger partial charge in [0.05, 0.1) is 0 Å². The molecule has 0 saturated heterocycles. The molecular formula is C26H54O2S. The molecule has 0 aromatic heterocycles. The Labute approximate surface area is 188 Å². The minimum Gasteiger partial charge on any atom is -0.481 e. The Kier molecular flexibility index (Phi) is 32.1. The van der Waals surface area contributed by atoms with E-state index >= 15 is 0 Å². The summed E-state index contributed by atoms with van der Waals surface area (Å²) in [6.07, 6.45) is 29.2. The number of carboxylic acid groups (broad SMARTS) is 1. The van der Waals surface area contributed by atoms with Crippen LogP contribution in [0.15, 0.2) is 0 Å². The van der Waals surface area contributed by atoms with E-state index in [4.69, 9.17) is 9.90 Å². The lowest BCUT2D eigenvalue weighted by atomic mass is 10.1. The number of aliphatic carboxylic acids is 1. The van der Waals surface area contributed by atoms with Gasteiger partial charge in [-0.15, -0.1) is 0 Å². The first kappa shape index (κ1) is 31.0. The average Bonchev–Trinajstić information content (AvgIpc) is 2.69. The molecule has 0 spiro atoms. The molecule has 0 aromatic carbocycles. The molecule has 0 unspecified atom stereocenters. The fourth-order valence-corrected chi connectivity index (χ4v) is 4.51. The predicted octanol–water partition coefficient (Wildman–Crippen LogP) is 9.65. The molecule has 0 aromatic rings. The molecule has 1 N–H and O–H groups in total. The molecule has 176 valence electrons. The third kappa shape index (κ3) is 39.0. The van der Waals surface area contributed by atoms with E-state index in [0.717, 1.165) is 6.92 Å². The number of hydrogen-bond donors (Lipinski definition) is 1. The van der Waals surface area contributed by atoms with Crippen molar-refractivity contribution in [1.82, 2.24) is 0 Å². The van der Waals surface area contributed by atoms with Crippen LogP contribution in [0.5, 0.6) is 0 Å². The predicted molar refractivity (Wildman–Crippen MR) is 134 cm³/mol. The SMILES string of the molecule is CC(=O)O.CCCCCCCCCCCCSCCCCCCCCCCCC. The van der Waals surface area contributed by atoms with Crippen LogP contribution in [0.25, 0.3) is 0 Å². The lowest BCUT2D eigenvalue weighted by Crippen LogP contribution is -1.87. The number of unbranched alkanes of at least 4 members (excludes halogenated alkanes) is 18. The summed E-state index contributed by atoms with van der Waals surface area (Å²) in [7, 11) is 0. The fourth-order valence-electron chi connectivity index (χ4n) is 3.49. The zero-order chi connectivity index (χ0) is 21.8. The summed E-state index contributed by atoms with van der Waals surface area (Å²) in [5.74, 6) is 1.99.